The molecule has 1 saturated heterocycles. The number of amides is 1. The number of hydrogen-bond acceptors (Lipinski definition) is 3. The zero-order valence-electron chi connectivity index (χ0n) is 11.7. The smallest absolute Gasteiger partial charge is 0.260 e. The van der Waals surface area contributed by atoms with Crippen LogP contribution in [0, 0.1) is 11.6 Å². The summed E-state index contributed by atoms with van der Waals surface area (Å²) in [4.78, 5) is 20.6. The molecule has 1 amide bonds. The molecule has 0 radical (unpaired) electrons. The molecule has 1 aromatic rings. The van der Waals surface area contributed by atoms with Crippen molar-refractivity contribution >= 4 is 11.9 Å². The van der Waals surface area contributed by atoms with Crippen molar-refractivity contribution in [2.24, 2.45) is 4.99 Å². The monoisotopic (exact) mass is 293 g/mol. The van der Waals surface area contributed by atoms with Gasteiger partial charge in [0.1, 0.15) is 0 Å². The second-order valence-corrected chi connectivity index (χ2v) is 5.32. The molecule has 0 aromatic heterocycles. The molecule has 0 unspecified atom stereocenters. The van der Waals surface area contributed by atoms with Crippen LogP contribution in [-0.4, -0.2) is 47.8 Å². The Morgan fingerprint density at radius 1 is 1.05 bits per heavy atom. The number of rotatable bonds is 1. The minimum Gasteiger partial charge on any atom is -0.342 e. The molecule has 0 aliphatic carbocycles. The number of carbonyl (C=O) groups is 1. The van der Waals surface area contributed by atoms with Gasteiger partial charge in [-0.1, -0.05) is 0 Å². The van der Waals surface area contributed by atoms with Crippen molar-refractivity contribution in [3.05, 3.63) is 35.4 Å². The van der Waals surface area contributed by atoms with Crippen molar-refractivity contribution in [3.8, 4) is 0 Å². The van der Waals surface area contributed by atoms with Gasteiger partial charge in [-0.15, -0.1) is 0 Å². The van der Waals surface area contributed by atoms with Crippen molar-refractivity contribution in [3.63, 3.8) is 0 Å². The molecule has 2 heterocycles. The molecule has 2 aliphatic rings. The van der Waals surface area contributed by atoms with Crippen LogP contribution in [0.3, 0.4) is 0 Å². The first-order chi connectivity index (χ1) is 10.2. The second kappa shape index (κ2) is 5.79. The number of guanidine groups is 1. The fourth-order valence-electron chi connectivity index (χ4n) is 2.78. The maximum Gasteiger partial charge on any atom is 0.260 e. The molecular formula is C15H17F2N3O. The first-order valence-corrected chi connectivity index (χ1v) is 7.23. The zero-order valence-corrected chi connectivity index (χ0v) is 11.7. The number of likely N-dealkylation sites (tertiary alicyclic amines) is 1. The Balaban J connectivity index is 1.80. The van der Waals surface area contributed by atoms with Crippen LogP contribution in [0.4, 0.5) is 8.78 Å². The van der Waals surface area contributed by atoms with Gasteiger partial charge in [0.15, 0.2) is 11.6 Å². The topological polar surface area (TPSA) is 35.9 Å². The van der Waals surface area contributed by atoms with Crippen LogP contribution >= 0.6 is 0 Å². The molecule has 1 aromatic carbocycles. The van der Waals surface area contributed by atoms with E-state index in [0.29, 0.717) is 19.0 Å². The number of nitrogens with zero attached hydrogens (tertiary/aromatic N) is 3. The number of piperidine rings is 1. The van der Waals surface area contributed by atoms with E-state index >= 15 is 0 Å². The van der Waals surface area contributed by atoms with E-state index in [0.717, 1.165) is 38.1 Å². The molecule has 0 N–H and O–H groups in total. The van der Waals surface area contributed by atoms with Gasteiger partial charge in [-0.05, 0) is 37.5 Å². The lowest BCUT2D eigenvalue weighted by atomic mass is 10.1. The fourth-order valence-corrected chi connectivity index (χ4v) is 2.78. The number of carbonyl (C=O) groups excluding carboxylic acids is 1. The molecule has 0 atom stereocenters. The van der Waals surface area contributed by atoms with E-state index < -0.39 is 11.6 Å². The zero-order chi connectivity index (χ0) is 14.8. The molecule has 21 heavy (non-hydrogen) atoms. The van der Waals surface area contributed by atoms with Gasteiger partial charge in [0.05, 0.1) is 6.54 Å². The van der Waals surface area contributed by atoms with Crippen LogP contribution in [0.15, 0.2) is 23.2 Å². The molecular weight excluding hydrogens is 276 g/mol. The highest BCUT2D eigenvalue weighted by Crippen LogP contribution is 2.18. The predicted molar refractivity (Wildman–Crippen MR) is 75.1 cm³/mol. The quantitative estimate of drug-likeness (QED) is 0.796. The summed E-state index contributed by atoms with van der Waals surface area (Å²) in [5.74, 6) is -1.60. The lowest BCUT2D eigenvalue weighted by molar-refractivity contribution is 0.0840. The maximum absolute atomic E-state index is 13.3. The lowest BCUT2D eigenvalue weighted by Crippen LogP contribution is -2.47. The van der Waals surface area contributed by atoms with Crippen LogP contribution in [-0.2, 0) is 0 Å². The van der Waals surface area contributed by atoms with Gasteiger partial charge in [-0.2, -0.15) is 0 Å². The van der Waals surface area contributed by atoms with Gasteiger partial charge in [0.25, 0.3) is 5.91 Å². The summed E-state index contributed by atoms with van der Waals surface area (Å²) < 4.78 is 26.3. The Hall–Kier alpha value is -1.98. The van der Waals surface area contributed by atoms with E-state index in [-0.39, 0.29) is 11.5 Å². The largest absolute Gasteiger partial charge is 0.342 e. The summed E-state index contributed by atoms with van der Waals surface area (Å²) in [5.41, 5.74) is 0.153. The number of benzene rings is 1. The number of aliphatic imine (C=N–C) groups is 1. The van der Waals surface area contributed by atoms with Gasteiger partial charge in [-0.3, -0.25) is 14.7 Å². The maximum atomic E-state index is 13.3. The average molecular weight is 293 g/mol. The predicted octanol–water partition coefficient (Wildman–Crippen LogP) is 2.26. The summed E-state index contributed by atoms with van der Waals surface area (Å²) in [6.45, 7) is 2.83. The fraction of sp³-hybridized carbons (Fsp3) is 0.467. The highest BCUT2D eigenvalue weighted by Gasteiger charge is 2.29. The molecule has 112 valence electrons. The Morgan fingerprint density at radius 2 is 1.81 bits per heavy atom. The molecule has 4 nitrogen and oxygen atoms in total. The van der Waals surface area contributed by atoms with E-state index in [4.69, 9.17) is 0 Å². The average Bonchev–Trinajstić information content (AvgIpc) is 2.99. The summed E-state index contributed by atoms with van der Waals surface area (Å²) in [6.07, 6.45) is 3.37. The summed E-state index contributed by atoms with van der Waals surface area (Å²) >= 11 is 0. The first kappa shape index (κ1) is 14.0. The highest BCUT2D eigenvalue weighted by atomic mass is 19.2. The van der Waals surface area contributed by atoms with Gasteiger partial charge >= 0.3 is 0 Å². The van der Waals surface area contributed by atoms with Crippen LogP contribution in [0.1, 0.15) is 29.6 Å². The SMILES string of the molecule is O=C(c1ccc(F)c(F)c1)N1CCN=C1N1CCCCC1. The van der Waals surface area contributed by atoms with E-state index in [9.17, 15) is 13.6 Å². The van der Waals surface area contributed by atoms with Crippen molar-refractivity contribution in [2.75, 3.05) is 26.2 Å². The third-order valence-electron chi connectivity index (χ3n) is 3.87. The third-order valence-corrected chi connectivity index (χ3v) is 3.87. The number of halogens is 2. The number of hydrogen-bond donors (Lipinski definition) is 0. The van der Waals surface area contributed by atoms with Crippen molar-refractivity contribution in [1.82, 2.24) is 9.80 Å². The molecule has 2 aliphatic heterocycles. The summed E-state index contributed by atoms with van der Waals surface area (Å²) in [6, 6.07) is 3.24. The van der Waals surface area contributed by atoms with Crippen LogP contribution in [0.5, 0.6) is 0 Å². The van der Waals surface area contributed by atoms with Crippen LogP contribution in [0.25, 0.3) is 0 Å². The van der Waals surface area contributed by atoms with Gasteiger partial charge < -0.3 is 4.90 Å². The van der Waals surface area contributed by atoms with Gasteiger partial charge in [0.2, 0.25) is 5.96 Å². The Kier molecular flexibility index (Phi) is 3.86. The minimum absolute atomic E-state index is 0.153. The summed E-state index contributed by atoms with van der Waals surface area (Å²) in [7, 11) is 0. The third kappa shape index (κ3) is 2.75. The van der Waals surface area contributed by atoms with Gasteiger partial charge in [0, 0.05) is 25.2 Å². The molecule has 0 spiro atoms. The van der Waals surface area contributed by atoms with E-state index in [1.54, 1.807) is 4.90 Å². The second-order valence-electron chi connectivity index (χ2n) is 5.32. The Bertz CT molecular complexity index is 582. The Labute approximate surface area is 122 Å². The summed E-state index contributed by atoms with van der Waals surface area (Å²) in [5, 5.41) is 0. The Morgan fingerprint density at radius 3 is 2.52 bits per heavy atom. The van der Waals surface area contributed by atoms with Gasteiger partial charge in [-0.25, -0.2) is 8.78 Å². The first-order valence-electron chi connectivity index (χ1n) is 7.23. The minimum atomic E-state index is -1.00. The standard InChI is InChI=1S/C15H17F2N3O/c16-12-5-4-11(10-13(12)17)14(21)20-9-6-18-15(20)19-7-2-1-3-8-19/h4-5,10H,1-3,6-9H2. The van der Waals surface area contributed by atoms with E-state index in [2.05, 4.69) is 9.89 Å². The van der Waals surface area contributed by atoms with E-state index in [1.807, 2.05) is 0 Å². The molecule has 6 heteroatoms. The molecule has 3 rings (SSSR count). The van der Waals surface area contributed by atoms with Crippen LogP contribution < -0.4 is 0 Å². The normalized spacial score (nSPS) is 18.9. The van der Waals surface area contributed by atoms with Crippen molar-refractivity contribution in [2.45, 2.75) is 19.3 Å². The van der Waals surface area contributed by atoms with Crippen LogP contribution in [0.2, 0.25) is 0 Å². The lowest BCUT2D eigenvalue weighted by Gasteiger charge is -2.32. The van der Waals surface area contributed by atoms with Crippen molar-refractivity contribution < 1.29 is 13.6 Å². The molecule has 1 fully saturated rings. The molecule has 0 saturated carbocycles. The van der Waals surface area contributed by atoms with E-state index in [1.165, 1.54) is 12.5 Å². The van der Waals surface area contributed by atoms with Crippen molar-refractivity contribution in [1.29, 1.82) is 0 Å². The highest BCUT2D eigenvalue weighted by molar-refractivity contribution is 6.06. The molecule has 0 bridgehead atoms.